The highest BCUT2D eigenvalue weighted by Gasteiger charge is 2.15. The minimum Gasteiger partial charge on any atom is -0.462 e. The molecule has 43 heavy (non-hydrogen) atoms. The first-order chi connectivity index (χ1) is 21.1. The molecular formula is C38H56O5. The molecule has 0 radical (unpaired) electrons. The van der Waals surface area contributed by atoms with Crippen molar-refractivity contribution in [2.24, 2.45) is 0 Å². The Morgan fingerprint density at radius 2 is 1.09 bits per heavy atom. The number of carbonyl (C=O) groups excluding carboxylic acids is 2. The second-order valence-corrected chi connectivity index (χ2v) is 9.86. The molecule has 0 saturated heterocycles. The van der Waals surface area contributed by atoms with Crippen molar-refractivity contribution in [3.05, 3.63) is 109 Å². The predicted molar refractivity (Wildman–Crippen MR) is 182 cm³/mol. The van der Waals surface area contributed by atoms with Crippen LogP contribution in [-0.2, 0) is 19.1 Å². The van der Waals surface area contributed by atoms with Gasteiger partial charge in [-0.15, -0.1) is 0 Å². The van der Waals surface area contributed by atoms with Gasteiger partial charge in [0.1, 0.15) is 6.61 Å². The van der Waals surface area contributed by atoms with Crippen LogP contribution >= 0.6 is 0 Å². The fourth-order valence-corrected chi connectivity index (χ4v) is 3.55. The third-order valence-corrected chi connectivity index (χ3v) is 5.92. The maximum atomic E-state index is 12.1. The van der Waals surface area contributed by atoms with E-state index in [0.717, 1.165) is 64.2 Å². The van der Waals surface area contributed by atoms with Crippen LogP contribution in [0.5, 0.6) is 0 Å². The van der Waals surface area contributed by atoms with E-state index in [1.165, 1.54) is 0 Å². The number of allylic oxidation sites excluding steroid dienone is 18. The van der Waals surface area contributed by atoms with E-state index < -0.39 is 12.1 Å². The van der Waals surface area contributed by atoms with E-state index in [-0.39, 0.29) is 25.6 Å². The number of hydrogen-bond donors (Lipinski definition) is 1. The molecule has 1 atom stereocenters. The summed E-state index contributed by atoms with van der Waals surface area (Å²) in [6, 6.07) is 0. The zero-order valence-electron chi connectivity index (χ0n) is 26.7. The average Bonchev–Trinajstić information content (AvgIpc) is 3.01. The monoisotopic (exact) mass is 592 g/mol. The minimum atomic E-state index is -0.833. The summed E-state index contributed by atoms with van der Waals surface area (Å²) in [6.45, 7) is 3.74. The molecule has 0 heterocycles. The van der Waals surface area contributed by atoms with Gasteiger partial charge in [0.25, 0.3) is 0 Å². The van der Waals surface area contributed by atoms with Crippen LogP contribution in [0.15, 0.2) is 109 Å². The second-order valence-electron chi connectivity index (χ2n) is 9.86. The van der Waals surface area contributed by atoms with Crippen molar-refractivity contribution < 1.29 is 24.2 Å². The van der Waals surface area contributed by atoms with Crippen LogP contribution in [0.3, 0.4) is 0 Å². The van der Waals surface area contributed by atoms with Gasteiger partial charge in [-0.3, -0.25) is 9.59 Å². The zero-order chi connectivity index (χ0) is 31.5. The molecule has 0 aromatic carbocycles. The molecule has 0 amide bonds. The van der Waals surface area contributed by atoms with Gasteiger partial charge in [-0.2, -0.15) is 0 Å². The molecule has 5 nitrogen and oxygen atoms in total. The molecule has 0 rings (SSSR count). The zero-order valence-corrected chi connectivity index (χ0v) is 26.7. The first kappa shape index (κ1) is 39.6. The van der Waals surface area contributed by atoms with E-state index >= 15 is 0 Å². The number of aliphatic hydroxyl groups is 1. The quantitative estimate of drug-likeness (QED) is 0.0469. The van der Waals surface area contributed by atoms with Crippen molar-refractivity contribution in [3.63, 3.8) is 0 Å². The molecule has 0 aliphatic heterocycles. The van der Waals surface area contributed by atoms with Crippen LogP contribution in [-0.4, -0.2) is 36.4 Å². The Hall–Kier alpha value is -3.44. The summed E-state index contributed by atoms with van der Waals surface area (Å²) in [5.74, 6) is -0.751. The third kappa shape index (κ3) is 31.3. The standard InChI is InChI=1S/C38H56O5/c1-3-5-7-9-11-13-15-17-18-19-21-23-25-27-29-31-33-38(41)43-36(34-39)35-42-37(40)32-30-28-26-24-22-20-16-14-12-10-8-6-4-2/h5-8,10-14,16-18,20-23,27,29,36,39H,3-4,9,15,19,24-26,28,30-35H2,1-2H3/b7-5+,8-6+,12-10+,13-11+,16-14+,18-17+,22-20+,23-21+,29-27+. The van der Waals surface area contributed by atoms with Crippen molar-refractivity contribution in [1.29, 1.82) is 0 Å². The lowest BCUT2D eigenvalue weighted by molar-refractivity contribution is -0.161. The number of rotatable bonds is 26. The highest BCUT2D eigenvalue weighted by atomic mass is 16.6. The number of unbranched alkanes of at least 4 members (excludes halogenated alkanes) is 3. The first-order valence-corrected chi connectivity index (χ1v) is 16.0. The van der Waals surface area contributed by atoms with Gasteiger partial charge in [-0.1, -0.05) is 130 Å². The van der Waals surface area contributed by atoms with Gasteiger partial charge in [0.2, 0.25) is 0 Å². The highest BCUT2D eigenvalue weighted by Crippen LogP contribution is 2.07. The molecule has 0 bridgehead atoms. The Morgan fingerprint density at radius 3 is 1.67 bits per heavy atom. The maximum Gasteiger partial charge on any atom is 0.306 e. The molecule has 5 heteroatoms. The number of aliphatic hydroxyl groups excluding tert-OH is 1. The minimum absolute atomic E-state index is 0.125. The summed E-state index contributed by atoms with van der Waals surface area (Å²) >= 11 is 0. The van der Waals surface area contributed by atoms with E-state index in [4.69, 9.17) is 9.47 Å². The molecule has 0 aromatic rings. The van der Waals surface area contributed by atoms with Gasteiger partial charge in [0.15, 0.2) is 6.10 Å². The summed E-state index contributed by atoms with van der Waals surface area (Å²) in [5.41, 5.74) is 0. The lowest BCUT2D eigenvalue weighted by Crippen LogP contribution is -2.28. The molecule has 238 valence electrons. The summed E-state index contributed by atoms with van der Waals surface area (Å²) in [4.78, 5) is 24.0. The lowest BCUT2D eigenvalue weighted by Gasteiger charge is -2.15. The smallest absolute Gasteiger partial charge is 0.306 e. The Kier molecular flexibility index (Phi) is 30.4. The fourth-order valence-electron chi connectivity index (χ4n) is 3.55. The van der Waals surface area contributed by atoms with Gasteiger partial charge in [0.05, 0.1) is 6.61 Å². The predicted octanol–water partition coefficient (Wildman–Crippen LogP) is 9.55. The van der Waals surface area contributed by atoms with Crippen LogP contribution in [0.4, 0.5) is 0 Å². The highest BCUT2D eigenvalue weighted by molar-refractivity contribution is 5.70. The maximum absolute atomic E-state index is 12.1. The summed E-state index contributed by atoms with van der Waals surface area (Å²) < 4.78 is 10.4. The van der Waals surface area contributed by atoms with Crippen LogP contribution in [0.1, 0.15) is 97.3 Å². The molecule has 1 unspecified atom stereocenters. The molecule has 0 fully saturated rings. The third-order valence-electron chi connectivity index (χ3n) is 5.92. The molecule has 0 spiro atoms. The number of hydrogen-bond acceptors (Lipinski definition) is 5. The van der Waals surface area contributed by atoms with E-state index in [0.29, 0.717) is 12.8 Å². The summed E-state index contributed by atoms with van der Waals surface area (Å²) in [7, 11) is 0. The largest absolute Gasteiger partial charge is 0.462 e. The van der Waals surface area contributed by atoms with Gasteiger partial charge >= 0.3 is 11.9 Å². The van der Waals surface area contributed by atoms with Crippen LogP contribution in [0, 0.1) is 0 Å². The van der Waals surface area contributed by atoms with Gasteiger partial charge < -0.3 is 14.6 Å². The Morgan fingerprint density at radius 1 is 0.558 bits per heavy atom. The SMILES string of the molecule is CC/C=C/C=C/C=C/C=C/CCCCCC(=O)OCC(CO)OC(=O)CC/C=C/C/C=C/C/C=C/C/C=C/C/C=C/CC. The second kappa shape index (κ2) is 33.1. The summed E-state index contributed by atoms with van der Waals surface area (Å²) in [6.07, 6.45) is 47.2. The first-order valence-electron chi connectivity index (χ1n) is 16.0. The molecule has 0 aromatic heterocycles. The van der Waals surface area contributed by atoms with Gasteiger partial charge in [-0.25, -0.2) is 0 Å². The van der Waals surface area contributed by atoms with Crippen LogP contribution < -0.4 is 0 Å². The van der Waals surface area contributed by atoms with Crippen molar-refractivity contribution in [3.8, 4) is 0 Å². The molecular weight excluding hydrogens is 536 g/mol. The topological polar surface area (TPSA) is 72.8 Å². The van der Waals surface area contributed by atoms with Crippen molar-refractivity contribution in [2.45, 2.75) is 103 Å². The van der Waals surface area contributed by atoms with Gasteiger partial charge in [-0.05, 0) is 64.2 Å². The van der Waals surface area contributed by atoms with Gasteiger partial charge in [0, 0.05) is 12.8 Å². The van der Waals surface area contributed by atoms with Crippen molar-refractivity contribution >= 4 is 11.9 Å². The van der Waals surface area contributed by atoms with Crippen LogP contribution in [0.2, 0.25) is 0 Å². The molecule has 0 aliphatic rings. The van der Waals surface area contributed by atoms with Crippen molar-refractivity contribution in [1.82, 2.24) is 0 Å². The summed E-state index contributed by atoms with van der Waals surface area (Å²) in [5, 5.41) is 9.48. The Labute approximate surface area is 261 Å². The Balaban J connectivity index is 3.86. The number of carbonyl (C=O) groups is 2. The lowest BCUT2D eigenvalue weighted by atomic mass is 10.1. The molecule has 0 aliphatic carbocycles. The molecule has 0 saturated carbocycles. The number of ether oxygens (including phenoxy) is 2. The fraction of sp³-hybridized carbons (Fsp3) is 0.474. The average molecular weight is 593 g/mol. The number of esters is 2. The van der Waals surface area contributed by atoms with Crippen molar-refractivity contribution in [2.75, 3.05) is 13.2 Å². The Bertz CT molecular complexity index is 943. The van der Waals surface area contributed by atoms with E-state index in [1.54, 1.807) is 0 Å². The van der Waals surface area contributed by atoms with E-state index in [1.807, 2.05) is 48.6 Å². The van der Waals surface area contributed by atoms with Crippen LogP contribution in [0.25, 0.3) is 0 Å². The van der Waals surface area contributed by atoms with E-state index in [9.17, 15) is 14.7 Å². The van der Waals surface area contributed by atoms with E-state index in [2.05, 4.69) is 74.6 Å². The normalized spacial score (nSPS) is 13.7. The molecule has 1 N–H and O–H groups in total.